The average Bonchev–Trinajstić information content (AvgIpc) is 2.63. The molecule has 1 unspecified atom stereocenters. The molecular formula is C14H19N3. The maximum absolute atomic E-state index is 6.23. The first kappa shape index (κ1) is 11.9. The van der Waals surface area contributed by atoms with Crippen molar-refractivity contribution in [3.63, 3.8) is 0 Å². The van der Waals surface area contributed by atoms with Crippen molar-refractivity contribution in [3.05, 3.63) is 52.8 Å². The summed E-state index contributed by atoms with van der Waals surface area (Å²) < 4.78 is 1.95. The highest BCUT2D eigenvalue weighted by Gasteiger charge is 2.09. The number of nitrogens with two attached hydrogens (primary N) is 1. The fourth-order valence-corrected chi connectivity index (χ4v) is 2.11. The van der Waals surface area contributed by atoms with Gasteiger partial charge >= 0.3 is 0 Å². The van der Waals surface area contributed by atoms with Gasteiger partial charge in [0, 0.05) is 17.9 Å². The Hall–Kier alpha value is -1.61. The van der Waals surface area contributed by atoms with Crippen molar-refractivity contribution < 1.29 is 0 Å². The van der Waals surface area contributed by atoms with Crippen LogP contribution in [-0.4, -0.2) is 9.78 Å². The average molecular weight is 229 g/mol. The van der Waals surface area contributed by atoms with Crippen LogP contribution < -0.4 is 5.73 Å². The molecule has 17 heavy (non-hydrogen) atoms. The largest absolute Gasteiger partial charge is 0.322 e. The number of aryl methyl sites for hydroxylation is 3. The van der Waals surface area contributed by atoms with E-state index in [1.165, 1.54) is 16.7 Å². The van der Waals surface area contributed by atoms with E-state index in [1.54, 1.807) is 0 Å². The summed E-state index contributed by atoms with van der Waals surface area (Å²) in [6, 6.07) is 8.45. The summed E-state index contributed by atoms with van der Waals surface area (Å²) in [5.41, 5.74) is 11.1. The van der Waals surface area contributed by atoms with Gasteiger partial charge in [-0.1, -0.05) is 29.3 Å². The molecule has 2 N–H and O–H groups in total. The molecular weight excluding hydrogens is 210 g/mol. The second-order valence-electron chi connectivity index (χ2n) is 4.68. The third-order valence-corrected chi connectivity index (χ3v) is 2.97. The van der Waals surface area contributed by atoms with Crippen molar-refractivity contribution in [1.29, 1.82) is 0 Å². The van der Waals surface area contributed by atoms with E-state index in [0.29, 0.717) is 0 Å². The Kier molecular flexibility index (Phi) is 3.29. The maximum Gasteiger partial charge on any atom is 0.0605 e. The molecule has 0 radical (unpaired) electrons. The van der Waals surface area contributed by atoms with E-state index < -0.39 is 0 Å². The molecule has 3 heteroatoms. The second kappa shape index (κ2) is 4.72. The van der Waals surface area contributed by atoms with Crippen LogP contribution in [0, 0.1) is 20.8 Å². The molecule has 0 saturated carbocycles. The number of hydrogen-bond acceptors (Lipinski definition) is 2. The summed E-state index contributed by atoms with van der Waals surface area (Å²) >= 11 is 0. The van der Waals surface area contributed by atoms with Crippen molar-refractivity contribution in [3.8, 4) is 0 Å². The van der Waals surface area contributed by atoms with E-state index in [0.717, 1.165) is 12.2 Å². The third kappa shape index (κ3) is 2.74. The summed E-state index contributed by atoms with van der Waals surface area (Å²) in [7, 11) is 0. The second-order valence-corrected chi connectivity index (χ2v) is 4.68. The van der Waals surface area contributed by atoms with E-state index in [2.05, 4.69) is 37.1 Å². The van der Waals surface area contributed by atoms with Crippen molar-refractivity contribution in [2.24, 2.45) is 5.73 Å². The van der Waals surface area contributed by atoms with Gasteiger partial charge in [0.1, 0.15) is 0 Å². The first-order valence-electron chi connectivity index (χ1n) is 5.88. The van der Waals surface area contributed by atoms with Gasteiger partial charge < -0.3 is 5.73 Å². The highest BCUT2D eigenvalue weighted by Crippen LogP contribution is 2.17. The minimum absolute atomic E-state index is 0.00722. The summed E-state index contributed by atoms with van der Waals surface area (Å²) in [5, 5.41) is 4.26. The summed E-state index contributed by atoms with van der Waals surface area (Å²) in [6.45, 7) is 6.97. The van der Waals surface area contributed by atoms with Crippen LogP contribution in [0.4, 0.5) is 0 Å². The zero-order valence-corrected chi connectivity index (χ0v) is 10.6. The number of hydrogen-bond donors (Lipinski definition) is 1. The van der Waals surface area contributed by atoms with Crippen LogP contribution in [-0.2, 0) is 6.54 Å². The molecule has 2 rings (SSSR count). The van der Waals surface area contributed by atoms with Crippen LogP contribution in [0.15, 0.2) is 30.5 Å². The predicted molar refractivity (Wildman–Crippen MR) is 69.8 cm³/mol. The third-order valence-electron chi connectivity index (χ3n) is 2.97. The van der Waals surface area contributed by atoms with Crippen LogP contribution in [0.2, 0.25) is 0 Å². The van der Waals surface area contributed by atoms with Crippen LogP contribution in [0.25, 0.3) is 0 Å². The lowest BCUT2D eigenvalue weighted by atomic mass is 10.0. The van der Waals surface area contributed by atoms with Crippen LogP contribution in [0.5, 0.6) is 0 Å². The topological polar surface area (TPSA) is 43.8 Å². The molecule has 1 aromatic heterocycles. The Morgan fingerprint density at radius 1 is 1.18 bits per heavy atom. The Labute approximate surface area is 102 Å². The number of nitrogens with zero attached hydrogens (tertiary/aromatic N) is 2. The van der Waals surface area contributed by atoms with Gasteiger partial charge in [-0.3, -0.25) is 4.68 Å². The monoisotopic (exact) mass is 229 g/mol. The van der Waals surface area contributed by atoms with Gasteiger partial charge in [-0.25, -0.2) is 0 Å². The Balaban J connectivity index is 2.20. The van der Waals surface area contributed by atoms with Crippen molar-refractivity contribution in [2.45, 2.75) is 33.4 Å². The van der Waals surface area contributed by atoms with Crippen molar-refractivity contribution in [1.82, 2.24) is 9.78 Å². The standard InChI is InChI=1S/C14H19N3/c1-10-6-11(2)8-13(7-10)14(15)9-17-12(3)4-5-16-17/h4-8,14H,9,15H2,1-3H3. The van der Waals surface area contributed by atoms with E-state index in [1.807, 2.05) is 23.9 Å². The minimum Gasteiger partial charge on any atom is -0.322 e. The van der Waals surface area contributed by atoms with Crippen molar-refractivity contribution in [2.75, 3.05) is 0 Å². The molecule has 0 bridgehead atoms. The van der Waals surface area contributed by atoms with Gasteiger partial charge in [-0.15, -0.1) is 0 Å². The SMILES string of the molecule is Cc1cc(C)cc(C(N)Cn2nccc2C)c1. The van der Waals surface area contributed by atoms with Crippen LogP contribution >= 0.6 is 0 Å². The molecule has 1 aromatic carbocycles. The number of aromatic nitrogens is 2. The molecule has 2 aromatic rings. The van der Waals surface area contributed by atoms with Crippen LogP contribution in [0.3, 0.4) is 0 Å². The highest BCUT2D eigenvalue weighted by molar-refractivity contribution is 5.30. The van der Waals surface area contributed by atoms with Gasteiger partial charge in [0.2, 0.25) is 0 Å². The fourth-order valence-electron chi connectivity index (χ4n) is 2.11. The van der Waals surface area contributed by atoms with Gasteiger partial charge in [0.25, 0.3) is 0 Å². The first-order valence-corrected chi connectivity index (χ1v) is 5.88. The molecule has 0 saturated heterocycles. The minimum atomic E-state index is -0.00722. The fraction of sp³-hybridized carbons (Fsp3) is 0.357. The molecule has 1 atom stereocenters. The van der Waals surface area contributed by atoms with E-state index >= 15 is 0 Å². The Morgan fingerprint density at radius 2 is 1.82 bits per heavy atom. The van der Waals surface area contributed by atoms with E-state index in [4.69, 9.17) is 5.73 Å². The van der Waals surface area contributed by atoms with Crippen molar-refractivity contribution >= 4 is 0 Å². The molecule has 90 valence electrons. The molecule has 1 heterocycles. The zero-order chi connectivity index (χ0) is 12.4. The zero-order valence-electron chi connectivity index (χ0n) is 10.6. The smallest absolute Gasteiger partial charge is 0.0605 e. The quantitative estimate of drug-likeness (QED) is 0.878. The van der Waals surface area contributed by atoms with Gasteiger partial charge in [-0.05, 0) is 32.4 Å². The summed E-state index contributed by atoms with van der Waals surface area (Å²) in [5.74, 6) is 0. The Morgan fingerprint density at radius 3 is 2.35 bits per heavy atom. The maximum atomic E-state index is 6.23. The molecule has 0 aliphatic heterocycles. The lowest BCUT2D eigenvalue weighted by molar-refractivity contribution is 0.517. The molecule has 0 aliphatic rings. The number of rotatable bonds is 3. The van der Waals surface area contributed by atoms with Gasteiger partial charge in [-0.2, -0.15) is 5.10 Å². The van der Waals surface area contributed by atoms with E-state index in [9.17, 15) is 0 Å². The molecule has 0 fully saturated rings. The lowest BCUT2D eigenvalue weighted by Gasteiger charge is -2.15. The predicted octanol–water partition coefficient (Wildman–Crippen LogP) is 2.51. The van der Waals surface area contributed by atoms with Gasteiger partial charge in [0.15, 0.2) is 0 Å². The Bertz CT molecular complexity index is 494. The highest BCUT2D eigenvalue weighted by atomic mass is 15.3. The lowest BCUT2D eigenvalue weighted by Crippen LogP contribution is -2.19. The van der Waals surface area contributed by atoms with Crippen LogP contribution in [0.1, 0.15) is 28.4 Å². The van der Waals surface area contributed by atoms with E-state index in [-0.39, 0.29) is 6.04 Å². The summed E-state index contributed by atoms with van der Waals surface area (Å²) in [6.07, 6.45) is 1.81. The normalized spacial score (nSPS) is 12.7. The molecule has 0 spiro atoms. The molecule has 0 amide bonds. The molecule has 0 aliphatic carbocycles. The number of benzene rings is 1. The molecule has 3 nitrogen and oxygen atoms in total. The first-order chi connectivity index (χ1) is 8.06. The van der Waals surface area contributed by atoms with Gasteiger partial charge in [0.05, 0.1) is 6.54 Å². The summed E-state index contributed by atoms with van der Waals surface area (Å²) in [4.78, 5) is 0.